The van der Waals surface area contributed by atoms with E-state index in [9.17, 15) is 0 Å². The van der Waals surface area contributed by atoms with Crippen LogP contribution in [0.4, 0.5) is 0 Å². The van der Waals surface area contributed by atoms with Gasteiger partial charge < -0.3 is 4.90 Å². The van der Waals surface area contributed by atoms with Gasteiger partial charge in [-0.05, 0) is 34.3 Å². The quantitative estimate of drug-likeness (QED) is 0.810. The third-order valence-electron chi connectivity index (χ3n) is 4.59. The molecule has 0 spiro atoms. The van der Waals surface area contributed by atoms with Gasteiger partial charge in [-0.1, -0.05) is 26.8 Å². The number of likely N-dealkylation sites (N-methyl/N-ethyl adjacent to an activating group) is 1. The summed E-state index contributed by atoms with van der Waals surface area (Å²) in [7, 11) is 0. The van der Waals surface area contributed by atoms with E-state index in [2.05, 4.69) is 63.6 Å². The van der Waals surface area contributed by atoms with Crippen molar-refractivity contribution in [3.63, 3.8) is 0 Å². The lowest BCUT2D eigenvalue weighted by atomic mass is 10.0. The van der Waals surface area contributed by atoms with E-state index in [1.165, 1.54) is 4.88 Å². The summed E-state index contributed by atoms with van der Waals surface area (Å²) in [5.41, 5.74) is 0. The Hall–Kier alpha value is -1.31. The summed E-state index contributed by atoms with van der Waals surface area (Å²) in [6.07, 6.45) is 0. The third-order valence-corrected chi connectivity index (χ3v) is 5.45. The molecule has 3 rings (SSSR count). The lowest BCUT2D eigenvalue weighted by molar-refractivity contribution is 0.0723. The number of rotatable bonds is 6. The highest BCUT2D eigenvalue weighted by Gasteiger charge is 2.31. The molecule has 1 fully saturated rings. The van der Waals surface area contributed by atoms with Crippen LogP contribution in [0.2, 0.25) is 0 Å². The summed E-state index contributed by atoms with van der Waals surface area (Å²) < 4.78 is 1.97. The van der Waals surface area contributed by atoms with Crippen molar-refractivity contribution in [3.05, 3.63) is 28.2 Å². The summed E-state index contributed by atoms with van der Waals surface area (Å²) >= 11 is 1.75. The molecule has 2 aromatic heterocycles. The zero-order chi connectivity index (χ0) is 16.2. The fourth-order valence-electron chi connectivity index (χ4n) is 3.33. The number of tetrazole rings is 1. The van der Waals surface area contributed by atoms with E-state index in [4.69, 9.17) is 0 Å². The molecule has 0 aliphatic carbocycles. The fraction of sp³-hybridized carbons (Fsp3) is 0.688. The minimum Gasteiger partial charge on any atom is -0.301 e. The maximum absolute atomic E-state index is 4.38. The van der Waals surface area contributed by atoms with Gasteiger partial charge in [0.15, 0.2) is 5.82 Å². The molecule has 0 amide bonds. The van der Waals surface area contributed by atoms with Gasteiger partial charge in [-0.15, -0.1) is 16.4 Å². The van der Waals surface area contributed by atoms with Crippen molar-refractivity contribution in [1.82, 2.24) is 30.0 Å². The van der Waals surface area contributed by atoms with Crippen LogP contribution in [0.3, 0.4) is 0 Å². The molecule has 3 heterocycles. The Bertz CT molecular complexity index is 585. The van der Waals surface area contributed by atoms with Gasteiger partial charge in [0, 0.05) is 31.1 Å². The Kier molecular flexibility index (Phi) is 5.40. The minimum absolute atomic E-state index is 0.281. The topological polar surface area (TPSA) is 50.1 Å². The highest BCUT2D eigenvalue weighted by atomic mass is 32.1. The average molecular weight is 334 g/mol. The molecular weight excluding hydrogens is 308 g/mol. The molecule has 1 atom stereocenters. The number of hydrogen-bond donors (Lipinski definition) is 0. The smallest absolute Gasteiger partial charge is 0.169 e. The molecule has 1 aliphatic rings. The average Bonchev–Trinajstić information content (AvgIpc) is 3.21. The zero-order valence-corrected chi connectivity index (χ0v) is 15.0. The van der Waals surface area contributed by atoms with Crippen molar-refractivity contribution >= 4 is 11.3 Å². The first-order chi connectivity index (χ1) is 11.2. The van der Waals surface area contributed by atoms with Crippen molar-refractivity contribution in [3.8, 4) is 0 Å². The monoisotopic (exact) mass is 334 g/mol. The second-order valence-corrected chi connectivity index (χ2v) is 7.47. The van der Waals surface area contributed by atoms with Crippen LogP contribution in [0.15, 0.2) is 17.5 Å². The molecule has 7 heteroatoms. The number of aromatic nitrogens is 4. The Labute approximate surface area is 142 Å². The van der Waals surface area contributed by atoms with Gasteiger partial charge in [-0.2, -0.15) is 0 Å². The van der Waals surface area contributed by atoms with E-state index < -0.39 is 0 Å². The molecule has 1 saturated heterocycles. The van der Waals surface area contributed by atoms with Crippen LogP contribution < -0.4 is 0 Å². The highest BCUT2D eigenvalue weighted by molar-refractivity contribution is 7.09. The van der Waals surface area contributed by atoms with Crippen LogP contribution in [-0.4, -0.2) is 62.7 Å². The van der Waals surface area contributed by atoms with Crippen LogP contribution >= 0.6 is 11.3 Å². The molecule has 0 bridgehead atoms. The second-order valence-electron chi connectivity index (χ2n) is 6.43. The van der Waals surface area contributed by atoms with E-state index in [1.807, 2.05) is 4.68 Å². The number of thiophene rings is 1. The fourth-order valence-corrected chi connectivity index (χ4v) is 4.01. The Balaban J connectivity index is 1.78. The van der Waals surface area contributed by atoms with Crippen LogP contribution in [-0.2, 0) is 6.54 Å². The second kappa shape index (κ2) is 7.51. The first kappa shape index (κ1) is 16.5. The minimum atomic E-state index is 0.281. The zero-order valence-electron chi connectivity index (χ0n) is 14.2. The van der Waals surface area contributed by atoms with Gasteiger partial charge in [0.1, 0.15) is 0 Å². The third kappa shape index (κ3) is 3.79. The van der Waals surface area contributed by atoms with Crippen LogP contribution in [0, 0.1) is 5.92 Å². The van der Waals surface area contributed by atoms with Gasteiger partial charge in [0.2, 0.25) is 0 Å². The predicted molar refractivity (Wildman–Crippen MR) is 92.5 cm³/mol. The molecule has 6 nitrogen and oxygen atoms in total. The number of hydrogen-bond acceptors (Lipinski definition) is 6. The van der Waals surface area contributed by atoms with Crippen molar-refractivity contribution in [2.24, 2.45) is 5.92 Å². The van der Waals surface area contributed by atoms with E-state index >= 15 is 0 Å². The van der Waals surface area contributed by atoms with E-state index in [0.717, 1.165) is 45.1 Å². The molecule has 0 radical (unpaired) electrons. The van der Waals surface area contributed by atoms with Crippen molar-refractivity contribution in [1.29, 1.82) is 0 Å². The highest BCUT2D eigenvalue weighted by Crippen LogP contribution is 2.28. The molecular formula is C16H26N6S. The normalized spacial score (nSPS) is 18.6. The Morgan fingerprint density at radius 2 is 2.00 bits per heavy atom. The molecule has 126 valence electrons. The van der Waals surface area contributed by atoms with Crippen molar-refractivity contribution in [2.45, 2.75) is 33.4 Å². The first-order valence-electron chi connectivity index (χ1n) is 8.44. The summed E-state index contributed by atoms with van der Waals surface area (Å²) in [4.78, 5) is 6.34. The molecule has 1 aliphatic heterocycles. The molecule has 0 saturated carbocycles. The summed E-state index contributed by atoms with van der Waals surface area (Å²) in [6, 6.07) is 4.50. The van der Waals surface area contributed by atoms with E-state index in [-0.39, 0.29) is 6.04 Å². The Morgan fingerprint density at radius 3 is 2.61 bits per heavy atom. The van der Waals surface area contributed by atoms with Gasteiger partial charge in [0.25, 0.3) is 0 Å². The standard InChI is InChI=1S/C16H26N6S/c1-4-20-7-9-21(10-8-20)15(13(2)3)16-17-18-19-22(16)12-14-6-5-11-23-14/h5-6,11,13,15H,4,7-10,12H2,1-3H3/t15-/m0/s1. The van der Waals surface area contributed by atoms with Gasteiger partial charge in [0.05, 0.1) is 12.6 Å². The number of nitrogens with zero attached hydrogens (tertiary/aromatic N) is 6. The van der Waals surface area contributed by atoms with Gasteiger partial charge in [-0.25, -0.2) is 4.68 Å². The summed E-state index contributed by atoms with van der Waals surface area (Å²) in [5, 5.41) is 14.7. The SMILES string of the molecule is CCN1CCN([C@H](c2nnnn2Cc2cccs2)C(C)C)CC1. The Morgan fingerprint density at radius 1 is 1.22 bits per heavy atom. The number of piperazine rings is 1. The summed E-state index contributed by atoms with van der Waals surface area (Å²) in [6.45, 7) is 13.1. The molecule has 0 unspecified atom stereocenters. The predicted octanol–water partition coefficient (Wildman–Crippen LogP) is 2.12. The van der Waals surface area contributed by atoms with Crippen LogP contribution in [0.1, 0.15) is 37.5 Å². The van der Waals surface area contributed by atoms with E-state index in [1.54, 1.807) is 11.3 Å². The maximum Gasteiger partial charge on any atom is 0.169 e. The largest absolute Gasteiger partial charge is 0.301 e. The summed E-state index contributed by atoms with van der Waals surface area (Å²) in [5.74, 6) is 1.48. The first-order valence-corrected chi connectivity index (χ1v) is 9.31. The van der Waals surface area contributed by atoms with Crippen molar-refractivity contribution in [2.75, 3.05) is 32.7 Å². The molecule has 0 aromatic carbocycles. The van der Waals surface area contributed by atoms with Gasteiger partial charge >= 0.3 is 0 Å². The van der Waals surface area contributed by atoms with Crippen molar-refractivity contribution < 1.29 is 0 Å². The molecule has 23 heavy (non-hydrogen) atoms. The van der Waals surface area contributed by atoms with Crippen LogP contribution in [0.25, 0.3) is 0 Å². The maximum atomic E-state index is 4.38. The lowest BCUT2D eigenvalue weighted by Gasteiger charge is -2.39. The van der Waals surface area contributed by atoms with Gasteiger partial charge in [-0.3, -0.25) is 4.90 Å². The van der Waals surface area contributed by atoms with Crippen LogP contribution in [0.5, 0.6) is 0 Å². The molecule has 2 aromatic rings. The lowest BCUT2D eigenvalue weighted by Crippen LogP contribution is -2.48. The molecule has 0 N–H and O–H groups in total. The van der Waals surface area contributed by atoms with E-state index in [0.29, 0.717) is 5.92 Å².